The van der Waals surface area contributed by atoms with Crippen LogP contribution in [0.15, 0.2) is 22.1 Å². The normalized spacial score (nSPS) is 24.6. The van der Waals surface area contributed by atoms with Crippen molar-refractivity contribution in [2.75, 3.05) is 13.2 Å². The van der Waals surface area contributed by atoms with Crippen molar-refractivity contribution in [3.8, 4) is 0 Å². The first-order chi connectivity index (χ1) is 10.3. The topological polar surface area (TPSA) is 56.1 Å². The molecule has 0 bridgehead atoms. The van der Waals surface area contributed by atoms with Gasteiger partial charge < -0.3 is 9.47 Å². The molecule has 22 heavy (non-hydrogen) atoms. The maximum Gasteiger partial charge on any atom is 0.416 e. The number of alkyl halides is 3. The second-order valence-electron chi connectivity index (χ2n) is 5.31. The van der Waals surface area contributed by atoms with Gasteiger partial charge in [0.15, 0.2) is 0 Å². The number of halogens is 3. The monoisotopic (exact) mass is 313 g/mol. The zero-order valence-corrected chi connectivity index (χ0v) is 12.0. The average Bonchev–Trinajstić information content (AvgIpc) is 3.06. The third-order valence-corrected chi connectivity index (χ3v) is 3.19. The highest BCUT2D eigenvalue weighted by molar-refractivity contribution is 5.97. The minimum Gasteiger partial charge on any atom is -0.474 e. The lowest BCUT2D eigenvalue weighted by Gasteiger charge is -2.11. The van der Waals surface area contributed by atoms with E-state index in [1.54, 1.807) is 0 Å². The molecule has 0 amide bonds. The number of nitrogens with zero attached hydrogens (tertiary/aromatic N) is 3. The molecule has 3 rings (SSSR count). The molecule has 0 spiro atoms. The number of hydrogen-bond donors (Lipinski definition) is 0. The number of ether oxygens (including phenoxy) is 2. The summed E-state index contributed by atoms with van der Waals surface area (Å²) in [6.07, 6.45) is -4.50. The van der Waals surface area contributed by atoms with E-state index >= 15 is 0 Å². The first-order valence-corrected chi connectivity index (χ1v) is 6.84. The number of aromatic nitrogens is 1. The number of hydrogen-bond acceptors (Lipinski definition) is 5. The standard InChI is InChI=1S/C14H14F3N3O2/c1-7-5-21-12(18-7)10-3-9(14(15,16)17)4-11(20-10)13-19-8(2)6-22-13/h3-4,7-8H,5-6H2,1-2H3. The van der Waals surface area contributed by atoms with Gasteiger partial charge in [0.2, 0.25) is 11.8 Å². The molecule has 2 atom stereocenters. The van der Waals surface area contributed by atoms with Gasteiger partial charge in [-0.3, -0.25) is 0 Å². The Morgan fingerprint density at radius 1 is 0.955 bits per heavy atom. The van der Waals surface area contributed by atoms with Crippen molar-refractivity contribution in [1.29, 1.82) is 0 Å². The Kier molecular flexibility index (Phi) is 3.54. The molecule has 1 aromatic rings. The largest absolute Gasteiger partial charge is 0.474 e. The van der Waals surface area contributed by atoms with Gasteiger partial charge in [-0.1, -0.05) is 0 Å². The van der Waals surface area contributed by atoms with Gasteiger partial charge >= 0.3 is 6.18 Å². The lowest BCUT2D eigenvalue weighted by atomic mass is 10.1. The zero-order valence-electron chi connectivity index (χ0n) is 12.0. The molecule has 0 radical (unpaired) electrons. The summed E-state index contributed by atoms with van der Waals surface area (Å²) in [5.41, 5.74) is -0.746. The maximum absolute atomic E-state index is 13.1. The zero-order chi connectivity index (χ0) is 15.9. The van der Waals surface area contributed by atoms with Crippen LogP contribution in [-0.4, -0.2) is 42.1 Å². The van der Waals surface area contributed by atoms with Crippen molar-refractivity contribution >= 4 is 11.8 Å². The van der Waals surface area contributed by atoms with Gasteiger partial charge in [0.1, 0.15) is 24.6 Å². The fourth-order valence-electron chi connectivity index (χ4n) is 2.14. The van der Waals surface area contributed by atoms with Crippen molar-refractivity contribution in [1.82, 2.24) is 4.98 Å². The average molecular weight is 313 g/mol. The molecular weight excluding hydrogens is 299 g/mol. The highest BCUT2D eigenvalue weighted by Gasteiger charge is 2.34. The first kappa shape index (κ1) is 14.8. The van der Waals surface area contributed by atoms with E-state index in [1.165, 1.54) is 0 Å². The smallest absolute Gasteiger partial charge is 0.416 e. The molecule has 8 heteroatoms. The van der Waals surface area contributed by atoms with Crippen molar-refractivity contribution in [2.45, 2.75) is 32.1 Å². The van der Waals surface area contributed by atoms with Crippen LogP contribution in [0.1, 0.15) is 30.8 Å². The summed E-state index contributed by atoms with van der Waals surface area (Å²) in [5, 5.41) is 0. The van der Waals surface area contributed by atoms with Crippen LogP contribution in [-0.2, 0) is 15.7 Å². The Hall–Kier alpha value is -2.12. The molecule has 0 saturated carbocycles. The van der Waals surface area contributed by atoms with Crippen LogP contribution in [0.2, 0.25) is 0 Å². The molecule has 118 valence electrons. The van der Waals surface area contributed by atoms with Gasteiger partial charge in [-0.15, -0.1) is 0 Å². The van der Waals surface area contributed by atoms with E-state index in [4.69, 9.17) is 9.47 Å². The molecule has 0 fully saturated rings. The van der Waals surface area contributed by atoms with E-state index in [-0.39, 0.29) is 35.3 Å². The van der Waals surface area contributed by atoms with E-state index in [0.717, 1.165) is 12.1 Å². The predicted octanol–water partition coefficient (Wildman–Crippen LogP) is 2.43. The SMILES string of the molecule is CC1COC(c2cc(C(F)(F)F)cc(C3=NC(C)CO3)n2)=N1. The number of pyridine rings is 1. The number of rotatable bonds is 2. The molecule has 3 heterocycles. The summed E-state index contributed by atoms with van der Waals surface area (Å²) < 4.78 is 49.9. The van der Waals surface area contributed by atoms with E-state index < -0.39 is 11.7 Å². The minimum atomic E-state index is -4.50. The van der Waals surface area contributed by atoms with Crippen molar-refractivity contribution in [3.05, 3.63) is 29.1 Å². The van der Waals surface area contributed by atoms with Crippen LogP contribution in [0.5, 0.6) is 0 Å². The number of aliphatic imine (C=N–C) groups is 2. The summed E-state index contributed by atoms with van der Waals surface area (Å²) in [5.74, 6) is 0.234. The van der Waals surface area contributed by atoms with Crippen LogP contribution in [0.4, 0.5) is 13.2 Å². The van der Waals surface area contributed by atoms with Gasteiger partial charge in [0.05, 0.1) is 17.6 Å². The summed E-state index contributed by atoms with van der Waals surface area (Å²) >= 11 is 0. The van der Waals surface area contributed by atoms with E-state index in [0.29, 0.717) is 13.2 Å². The third-order valence-electron chi connectivity index (χ3n) is 3.19. The lowest BCUT2D eigenvalue weighted by molar-refractivity contribution is -0.137. The van der Waals surface area contributed by atoms with Gasteiger partial charge in [-0.25, -0.2) is 15.0 Å². The van der Waals surface area contributed by atoms with Crippen molar-refractivity contribution < 1.29 is 22.6 Å². The first-order valence-electron chi connectivity index (χ1n) is 6.84. The maximum atomic E-state index is 13.1. The Balaban J connectivity index is 2.07. The Morgan fingerprint density at radius 3 is 1.73 bits per heavy atom. The minimum absolute atomic E-state index is 0.0417. The Bertz CT molecular complexity index is 609. The summed E-state index contributed by atoms with van der Waals surface area (Å²) in [4.78, 5) is 12.5. The van der Waals surface area contributed by atoms with Crippen LogP contribution < -0.4 is 0 Å². The molecule has 5 nitrogen and oxygen atoms in total. The van der Waals surface area contributed by atoms with Gasteiger partial charge in [-0.05, 0) is 26.0 Å². The second-order valence-corrected chi connectivity index (χ2v) is 5.31. The van der Waals surface area contributed by atoms with E-state index in [2.05, 4.69) is 15.0 Å². The summed E-state index contributed by atoms with van der Waals surface area (Å²) in [7, 11) is 0. The van der Waals surface area contributed by atoms with Gasteiger partial charge in [0, 0.05) is 0 Å². The second kappa shape index (κ2) is 5.26. The highest BCUT2D eigenvalue weighted by Crippen LogP contribution is 2.31. The van der Waals surface area contributed by atoms with Gasteiger partial charge in [-0.2, -0.15) is 13.2 Å². The molecular formula is C14H14F3N3O2. The molecule has 2 aliphatic rings. The summed E-state index contributed by atoms with van der Waals surface area (Å²) in [6, 6.07) is 1.66. The molecule has 0 aromatic carbocycles. The molecule has 1 aromatic heterocycles. The highest BCUT2D eigenvalue weighted by atomic mass is 19.4. The molecule has 0 saturated heterocycles. The van der Waals surface area contributed by atoms with E-state index in [1.807, 2.05) is 13.8 Å². The van der Waals surface area contributed by atoms with Crippen LogP contribution in [0.25, 0.3) is 0 Å². The quantitative estimate of drug-likeness (QED) is 0.842. The van der Waals surface area contributed by atoms with Crippen LogP contribution in [0.3, 0.4) is 0 Å². The van der Waals surface area contributed by atoms with Crippen LogP contribution >= 0.6 is 0 Å². The van der Waals surface area contributed by atoms with Crippen molar-refractivity contribution in [3.63, 3.8) is 0 Å². The van der Waals surface area contributed by atoms with E-state index in [9.17, 15) is 13.2 Å². The van der Waals surface area contributed by atoms with Crippen LogP contribution in [0, 0.1) is 0 Å². The molecule has 2 unspecified atom stereocenters. The Morgan fingerprint density at radius 2 is 1.41 bits per heavy atom. The fraction of sp³-hybridized carbons (Fsp3) is 0.500. The Labute approximate surface area is 124 Å². The lowest BCUT2D eigenvalue weighted by Crippen LogP contribution is -2.15. The molecule has 0 N–H and O–H groups in total. The third kappa shape index (κ3) is 2.90. The summed E-state index contributed by atoms with van der Waals surface area (Å²) in [6.45, 7) is 4.29. The van der Waals surface area contributed by atoms with Crippen molar-refractivity contribution in [2.24, 2.45) is 9.98 Å². The fourth-order valence-corrected chi connectivity index (χ4v) is 2.14. The molecule has 2 aliphatic heterocycles. The predicted molar refractivity (Wildman–Crippen MR) is 73.1 cm³/mol. The molecule has 0 aliphatic carbocycles. The van der Waals surface area contributed by atoms with Gasteiger partial charge in [0.25, 0.3) is 0 Å².